The van der Waals surface area contributed by atoms with E-state index in [0.29, 0.717) is 27.6 Å². The number of benzene rings is 1. The zero-order chi connectivity index (χ0) is 14.0. The minimum Gasteiger partial charge on any atom is -0.475 e. The van der Waals surface area contributed by atoms with Crippen molar-refractivity contribution in [3.8, 4) is 5.75 Å². The molecule has 5 heteroatoms. The van der Waals surface area contributed by atoms with Gasteiger partial charge in [-0.05, 0) is 47.7 Å². The second-order valence-corrected chi connectivity index (χ2v) is 7.67. The van der Waals surface area contributed by atoms with Gasteiger partial charge in [-0.2, -0.15) is 0 Å². The molecule has 1 heterocycles. The first kappa shape index (κ1) is 15.7. The predicted molar refractivity (Wildman–Crippen MR) is 89.7 cm³/mol. The highest BCUT2D eigenvalue weighted by molar-refractivity contribution is 14.1. The molecular formula is C14H18Cl2INO. The Morgan fingerprint density at radius 3 is 2.74 bits per heavy atom. The fourth-order valence-electron chi connectivity index (χ4n) is 2.39. The van der Waals surface area contributed by atoms with Gasteiger partial charge in [0, 0.05) is 18.4 Å². The molecule has 1 aliphatic rings. The number of hydrogen-bond donors (Lipinski definition) is 1. The van der Waals surface area contributed by atoms with Gasteiger partial charge in [-0.1, -0.05) is 43.1 Å². The molecule has 2 nitrogen and oxygen atoms in total. The number of ether oxygens (including phenoxy) is 1. The van der Waals surface area contributed by atoms with Crippen molar-refractivity contribution in [2.45, 2.75) is 23.9 Å². The summed E-state index contributed by atoms with van der Waals surface area (Å²) >= 11 is 14.7. The summed E-state index contributed by atoms with van der Waals surface area (Å²) in [6, 6.07) is 5.53. The van der Waals surface area contributed by atoms with E-state index in [1.165, 1.54) is 0 Å². The van der Waals surface area contributed by atoms with E-state index >= 15 is 0 Å². The van der Waals surface area contributed by atoms with Crippen LogP contribution in [-0.4, -0.2) is 16.7 Å². The number of nitrogens with one attached hydrogen (secondary N) is 1. The average Bonchev–Trinajstić information content (AvgIpc) is 2.89. The number of halogens is 3. The van der Waals surface area contributed by atoms with Gasteiger partial charge >= 0.3 is 0 Å². The van der Waals surface area contributed by atoms with Crippen LogP contribution in [-0.2, 0) is 0 Å². The Kier molecular flexibility index (Phi) is 5.26. The number of alkyl halides is 1. The lowest BCUT2D eigenvalue weighted by Gasteiger charge is -2.37. The lowest BCUT2D eigenvalue weighted by Crippen LogP contribution is -2.43. The summed E-state index contributed by atoms with van der Waals surface area (Å²) in [7, 11) is 0. The van der Waals surface area contributed by atoms with Crippen molar-refractivity contribution in [2.24, 2.45) is 11.8 Å². The monoisotopic (exact) mass is 413 g/mol. The zero-order valence-electron chi connectivity index (χ0n) is 11.1. The van der Waals surface area contributed by atoms with Gasteiger partial charge in [-0.15, -0.1) is 0 Å². The van der Waals surface area contributed by atoms with Gasteiger partial charge in [0.2, 0.25) is 0 Å². The maximum absolute atomic E-state index is 6.29. The molecule has 0 aliphatic carbocycles. The van der Waals surface area contributed by atoms with E-state index in [1.54, 1.807) is 6.07 Å². The summed E-state index contributed by atoms with van der Waals surface area (Å²) in [5.74, 6) is 1.53. The lowest BCUT2D eigenvalue weighted by molar-refractivity contribution is 0.0796. The standard InChI is InChI=1S/C14H18Cl2INO/c1-9(2)14(17,10-6-7-18-8-10)19-12-5-3-4-11(15)13(12)16/h3-5,9-10,18H,6-8H2,1-2H3/t10?,14-/m1/s1. The topological polar surface area (TPSA) is 21.3 Å². The molecule has 0 saturated carbocycles. The van der Waals surface area contributed by atoms with Crippen molar-refractivity contribution in [3.63, 3.8) is 0 Å². The van der Waals surface area contributed by atoms with Gasteiger partial charge < -0.3 is 10.1 Å². The Balaban J connectivity index is 2.28. The largest absolute Gasteiger partial charge is 0.475 e. The van der Waals surface area contributed by atoms with E-state index in [1.807, 2.05) is 12.1 Å². The SMILES string of the molecule is CC(C)[C@@](I)(Oc1cccc(Cl)c1Cl)C1CCNC1. The highest BCUT2D eigenvalue weighted by Gasteiger charge is 2.43. The first-order chi connectivity index (χ1) is 8.95. The van der Waals surface area contributed by atoms with E-state index in [0.717, 1.165) is 19.5 Å². The van der Waals surface area contributed by atoms with Crippen LogP contribution in [0, 0.1) is 11.8 Å². The van der Waals surface area contributed by atoms with E-state index in [-0.39, 0.29) is 3.61 Å². The van der Waals surface area contributed by atoms with Crippen LogP contribution in [0.3, 0.4) is 0 Å². The van der Waals surface area contributed by atoms with E-state index in [9.17, 15) is 0 Å². The van der Waals surface area contributed by atoms with Gasteiger partial charge in [0.1, 0.15) is 10.8 Å². The van der Waals surface area contributed by atoms with Crippen molar-refractivity contribution in [3.05, 3.63) is 28.2 Å². The van der Waals surface area contributed by atoms with Crippen molar-refractivity contribution < 1.29 is 4.74 Å². The third-order valence-corrected chi connectivity index (χ3v) is 6.73. The Morgan fingerprint density at radius 1 is 1.42 bits per heavy atom. The minimum absolute atomic E-state index is 0.268. The Bertz CT molecular complexity index is 449. The van der Waals surface area contributed by atoms with Crippen molar-refractivity contribution in [2.75, 3.05) is 13.1 Å². The molecule has 0 aromatic heterocycles. The second-order valence-electron chi connectivity index (χ2n) is 5.20. The van der Waals surface area contributed by atoms with Gasteiger partial charge in [0.05, 0.1) is 5.02 Å². The average molecular weight is 414 g/mol. The smallest absolute Gasteiger partial charge is 0.165 e. The molecule has 1 N–H and O–H groups in total. The highest BCUT2D eigenvalue weighted by Crippen LogP contribution is 2.43. The number of hydrogen-bond acceptors (Lipinski definition) is 2. The fraction of sp³-hybridized carbons (Fsp3) is 0.571. The molecule has 2 rings (SSSR count). The Morgan fingerprint density at radius 2 is 2.16 bits per heavy atom. The normalized spacial score (nSPS) is 22.5. The zero-order valence-corrected chi connectivity index (χ0v) is 14.7. The van der Waals surface area contributed by atoms with Gasteiger partial charge in [0.25, 0.3) is 0 Å². The van der Waals surface area contributed by atoms with Crippen molar-refractivity contribution in [1.29, 1.82) is 0 Å². The molecule has 1 aromatic carbocycles. The van der Waals surface area contributed by atoms with Crippen LogP contribution in [0.1, 0.15) is 20.3 Å². The molecular weight excluding hydrogens is 396 g/mol. The molecule has 106 valence electrons. The van der Waals surface area contributed by atoms with Gasteiger partial charge in [-0.3, -0.25) is 0 Å². The van der Waals surface area contributed by atoms with Crippen molar-refractivity contribution >= 4 is 45.8 Å². The fourth-order valence-corrected chi connectivity index (χ4v) is 3.49. The molecule has 0 amide bonds. The van der Waals surface area contributed by atoms with E-state index < -0.39 is 0 Å². The van der Waals surface area contributed by atoms with E-state index in [2.05, 4.69) is 41.8 Å². The molecule has 2 atom stereocenters. The lowest BCUT2D eigenvalue weighted by atomic mass is 9.92. The van der Waals surface area contributed by atoms with Crippen LogP contribution in [0.5, 0.6) is 5.75 Å². The first-order valence-corrected chi connectivity index (χ1v) is 8.31. The summed E-state index contributed by atoms with van der Waals surface area (Å²) < 4.78 is 6.02. The molecule has 1 saturated heterocycles. The molecule has 0 bridgehead atoms. The molecule has 1 unspecified atom stereocenters. The summed E-state index contributed by atoms with van der Waals surface area (Å²) in [5, 5.41) is 4.43. The highest BCUT2D eigenvalue weighted by atomic mass is 127. The Hall–Kier alpha value is 0.290. The van der Waals surface area contributed by atoms with Crippen LogP contribution in [0.15, 0.2) is 18.2 Å². The Labute approximate surface area is 138 Å². The number of rotatable bonds is 4. The summed E-state index contributed by atoms with van der Waals surface area (Å²) in [4.78, 5) is 0. The van der Waals surface area contributed by atoms with Gasteiger partial charge in [0.15, 0.2) is 3.61 Å². The maximum atomic E-state index is 6.29. The predicted octanol–water partition coefficient (Wildman–Crippen LogP) is 4.77. The summed E-state index contributed by atoms with van der Waals surface area (Å²) in [6.07, 6.45) is 1.12. The summed E-state index contributed by atoms with van der Waals surface area (Å²) in [6.45, 7) is 6.40. The van der Waals surface area contributed by atoms with Crippen LogP contribution in [0.4, 0.5) is 0 Å². The third kappa shape index (κ3) is 3.31. The molecule has 1 aliphatic heterocycles. The van der Waals surface area contributed by atoms with Crippen LogP contribution in [0.2, 0.25) is 10.0 Å². The molecule has 0 radical (unpaired) electrons. The van der Waals surface area contributed by atoms with E-state index in [4.69, 9.17) is 27.9 Å². The van der Waals surface area contributed by atoms with Crippen molar-refractivity contribution in [1.82, 2.24) is 5.32 Å². The summed E-state index contributed by atoms with van der Waals surface area (Å²) in [5.41, 5.74) is 0. The molecule has 1 aromatic rings. The second kappa shape index (κ2) is 6.37. The molecule has 19 heavy (non-hydrogen) atoms. The van der Waals surface area contributed by atoms with Crippen LogP contribution < -0.4 is 10.1 Å². The van der Waals surface area contributed by atoms with Crippen LogP contribution >= 0.6 is 45.8 Å². The van der Waals surface area contributed by atoms with Gasteiger partial charge in [-0.25, -0.2) is 0 Å². The molecule has 0 spiro atoms. The van der Waals surface area contributed by atoms with Crippen LogP contribution in [0.25, 0.3) is 0 Å². The quantitative estimate of drug-likeness (QED) is 0.567. The maximum Gasteiger partial charge on any atom is 0.165 e. The first-order valence-electron chi connectivity index (χ1n) is 6.47. The third-order valence-electron chi connectivity index (χ3n) is 3.59. The molecule has 1 fully saturated rings. The minimum atomic E-state index is -0.268.